The zero-order chi connectivity index (χ0) is 16.2. The van der Waals surface area contributed by atoms with Gasteiger partial charge in [0.15, 0.2) is 0 Å². The average molecular weight is 330 g/mol. The van der Waals surface area contributed by atoms with Crippen molar-refractivity contribution in [3.8, 4) is 10.6 Å². The van der Waals surface area contributed by atoms with Gasteiger partial charge in [0.25, 0.3) is 0 Å². The second kappa shape index (κ2) is 7.23. The molecule has 1 aliphatic rings. The summed E-state index contributed by atoms with van der Waals surface area (Å²) < 4.78 is 0. The molecule has 1 aromatic carbocycles. The van der Waals surface area contributed by atoms with E-state index in [4.69, 9.17) is 5.11 Å². The summed E-state index contributed by atoms with van der Waals surface area (Å²) >= 11 is 1.53. The molecule has 5 heteroatoms. The van der Waals surface area contributed by atoms with Crippen molar-refractivity contribution in [2.24, 2.45) is 5.92 Å². The number of benzene rings is 1. The highest BCUT2D eigenvalue weighted by Gasteiger charge is 2.18. The fourth-order valence-electron chi connectivity index (χ4n) is 3.20. The van der Waals surface area contributed by atoms with Gasteiger partial charge in [-0.15, -0.1) is 11.3 Å². The molecule has 1 fully saturated rings. The van der Waals surface area contributed by atoms with E-state index >= 15 is 0 Å². The Morgan fingerprint density at radius 3 is 3.04 bits per heavy atom. The van der Waals surface area contributed by atoms with E-state index in [1.165, 1.54) is 29.7 Å². The Morgan fingerprint density at radius 2 is 2.26 bits per heavy atom. The lowest BCUT2D eigenvalue weighted by Gasteiger charge is -2.31. The fraction of sp³-hybridized carbons (Fsp3) is 0.444. The van der Waals surface area contributed by atoms with Crippen molar-refractivity contribution in [2.75, 3.05) is 13.1 Å². The minimum absolute atomic E-state index is 0.0116. The summed E-state index contributed by atoms with van der Waals surface area (Å²) in [6.07, 6.45) is 2.58. The lowest BCUT2D eigenvalue weighted by molar-refractivity contribution is -0.136. The molecular weight excluding hydrogens is 308 g/mol. The Kier molecular flexibility index (Phi) is 5.08. The van der Waals surface area contributed by atoms with Gasteiger partial charge in [0.1, 0.15) is 5.01 Å². The van der Waals surface area contributed by atoms with Crippen LogP contribution in [-0.2, 0) is 17.8 Å². The first-order chi connectivity index (χ1) is 11.1. The van der Waals surface area contributed by atoms with Gasteiger partial charge in [-0.05, 0) is 30.9 Å². The molecule has 1 N–H and O–H groups in total. The van der Waals surface area contributed by atoms with Crippen molar-refractivity contribution in [1.82, 2.24) is 9.88 Å². The fourth-order valence-corrected chi connectivity index (χ4v) is 4.08. The zero-order valence-corrected chi connectivity index (χ0v) is 14.2. The van der Waals surface area contributed by atoms with Crippen LogP contribution in [0, 0.1) is 5.92 Å². The Morgan fingerprint density at radius 1 is 1.43 bits per heavy atom. The molecule has 1 aliphatic heterocycles. The Labute approximate surface area is 140 Å². The molecule has 23 heavy (non-hydrogen) atoms. The molecule has 1 atom stereocenters. The number of hydrogen-bond donors (Lipinski definition) is 1. The summed E-state index contributed by atoms with van der Waals surface area (Å²) in [5, 5.41) is 11.7. The zero-order valence-electron chi connectivity index (χ0n) is 13.4. The maximum atomic E-state index is 10.8. The van der Waals surface area contributed by atoms with E-state index in [2.05, 4.69) is 35.0 Å². The SMILES string of the molecule is C[C@@H]1CCCN(Cc2ccccc2-c2nc(CC(=O)O)cs2)C1. The van der Waals surface area contributed by atoms with E-state index in [9.17, 15) is 4.79 Å². The molecule has 0 saturated carbocycles. The van der Waals surface area contributed by atoms with Crippen molar-refractivity contribution in [3.05, 3.63) is 40.9 Å². The first-order valence-corrected chi connectivity index (χ1v) is 8.96. The number of likely N-dealkylation sites (tertiary alicyclic amines) is 1. The maximum absolute atomic E-state index is 10.8. The molecule has 0 unspecified atom stereocenters. The van der Waals surface area contributed by atoms with Gasteiger partial charge in [-0.25, -0.2) is 4.98 Å². The van der Waals surface area contributed by atoms with Gasteiger partial charge in [-0.2, -0.15) is 0 Å². The molecule has 122 valence electrons. The number of thiazole rings is 1. The summed E-state index contributed by atoms with van der Waals surface area (Å²) in [5.74, 6) is -0.0737. The first kappa shape index (κ1) is 16.1. The number of nitrogens with zero attached hydrogens (tertiary/aromatic N) is 2. The van der Waals surface area contributed by atoms with Crippen molar-refractivity contribution in [3.63, 3.8) is 0 Å². The lowest BCUT2D eigenvalue weighted by Crippen LogP contribution is -2.33. The molecule has 0 aliphatic carbocycles. The average Bonchev–Trinajstić information content (AvgIpc) is 2.95. The molecule has 2 heterocycles. The van der Waals surface area contributed by atoms with E-state index in [0.717, 1.165) is 36.1 Å². The van der Waals surface area contributed by atoms with Gasteiger partial charge >= 0.3 is 5.97 Å². The smallest absolute Gasteiger partial charge is 0.309 e. The van der Waals surface area contributed by atoms with Crippen LogP contribution in [-0.4, -0.2) is 34.0 Å². The van der Waals surface area contributed by atoms with Crippen LogP contribution in [0.15, 0.2) is 29.6 Å². The second-order valence-electron chi connectivity index (χ2n) is 6.35. The molecular formula is C18H22N2O2S. The Balaban J connectivity index is 1.80. The van der Waals surface area contributed by atoms with Gasteiger partial charge in [0.05, 0.1) is 12.1 Å². The van der Waals surface area contributed by atoms with Gasteiger partial charge in [0, 0.05) is 24.0 Å². The van der Waals surface area contributed by atoms with Crippen molar-refractivity contribution < 1.29 is 9.90 Å². The first-order valence-electron chi connectivity index (χ1n) is 8.08. The number of rotatable bonds is 5. The number of carboxylic acid groups (broad SMARTS) is 1. The summed E-state index contributed by atoms with van der Waals surface area (Å²) in [4.78, 5) is 17.9. The Bertz CT molecular complexity index is 683. The molecule has 3 rings (SSSR count). The molecule has 0 radical (unpaired) electrons. The molecule has 4 nitrogen and oxygen atoms in total. The topological polar surface area (TPSA) is 53.4 Å². The minimum Gasteiger partial charge on any atom is -0.481 e. The largest absolute Gasteiger partial charge is 0.481 e. The molecule has 0 amide bonds. The maximum Gasteiger partial charge on any atom is 0.309 e. The number of aliphatic carboxylic acids is 1. The summed E-state index contributed by atoms with van der Waals surface area (Å²) in [5.41, 5.74) is 3.05. The van der Waals surface area contributed by atoms with E-state index < -0.39 is 5.97 Å². The van der Waals surface area contributed by atoms with Gasteiger partial charge in [-0.1, -0.05) is 31.2 Å². The van der Waals surface area contributed by atoms with Crippen LogP contribution >= 0.6 is 11.3 Å². The Hall–Kier alpha value is -1.72. The number of carbonyl (C=O) groups is 1. The van der Waals surface area contributed by atoms with Crippen molar-refractivity contribution in [1.29, 1.82) is 0 Å². The minimum atomic E-state index is -0.836. The van der Waals surface area contributed by atoms with Crippen LogP contribution in [0.5, 0.6) is 0 Å². The third kappa shape index (κ3) is 4.18. The normalized spacial score (nSPS) is 18.9. The highest BCUT2D eigenvalue weighted by atomic mass is 32.1. The number of piperidine rings is 1. The highest BCUT2D eigenvalue weighted by molar-refractivity contribution is 7.13. The monoisotopic (exact) mass is 330 g/mol. The number of carboxylic acids is 1. The van der Waals surface area contributed by atoms with Crippen LogP contribution in [0.4, 0.5) is 0 Å². The van der Waals surface area contributed by atoms with Crippen molar-refractivity contribution in [2.45, 2.75) is 32.7 Å². The highest BCUT2D eigenvalue weighted by Crippen LogP contribution is 2.29. The van der Waals surface area contributed by atoms with E-state index in [1.54, 1.807) is 0 Å². The van der Waals surface area contributed by atoms with E-state index in [-0.39, 0.29) is 6.42 Å². The van der Waals surface area contributed by atoms with E-state index in [0.29, 0.717) is 5.69 Å². The molecule has 1 saturated heterocycles. The van der Waals surface area contributed by atoms with Crippen LogP contribution in [0.1, 0.15) is 31.0 Å². The molecule has 1 aromatic heterocycles. The molecule has 2 aromatic rings. The molecule has 0 bridgehead atoms. The van der Waals surface area contributed by atoms with Crippen LogP contribution < -0.4 is 0 Å². The van der Waals surface area contributed by atoms with Gasteiger partial charge in [-0.3, -0.25) is 9.69 Å². The van der Waals surface area contributed by atoms with Gasteiger partial charge < -0.3 is 5.11 Å². The number of hydrogen-bond acceptors (Lipinski definition) is 4. The van der Waals surface area contributed by atoms with Gasteiger partial charge in [0.2, 0.25) is 0 Å². The van der Waals surface area contributed by atoms with Crippen LogP contribution in [0.3, 0.4) is 0 Å². The van der Waals surface area contributed by atoms with Crippen LogP contribution in [0.2, 0.25) is 0 Å². The van der Waals surface area contributed by atoms with Crippen LogP contribution in [0.25, 0.3) is 10.6 Å². The number of aromatic nitrogens is 1. The predicted octanol–water partition coefficient (Wildman–Crippen LogP) is 3.67. The van der Waals surface area contributed by atoms with Crippen molar-refractivity contribution >= 4 is 17.3 Å². The lowest BCUT2D eigenvalue weighted by atomic mass is 9.99. The summed E-state index contributed by atoms with van der Waals surface area (Å²) in [6, 6.07) is 8.34. The second-order valence-corrected chi connectivity index (χ2v) is 7.21. The third-order valence-corrected chi connectivity index (χ3v) is 5.19. The predicted molar refractivity (Wildman–Crippen MR) is 92.6 cm³/mol. The standard InChI is InChI=1S/C18H22N2O2S/c1-13-5-4-8-20(10-13)11-14-6-2-3-7-16(14)18-19-15(12-23-18)9-17(21)22/h2-3,6-7,12-13H,4-5,8-11H2,1H3,(H,21,22)/t13-/m1/s1. The third-order valence-electron chi connectivity index (χ3n) is 4.27. The molecule has 0 spiro atoms. The summed E-state index contributed by atoms with van der Waals surface area (Å²) in [6.45, 7) is 5.56. The quantitative estimate of drug-likeness (QED) is 0.909. The summed E-state index contributed by atoms with van der Waals surface area (Å²) in [7, 11) is 0. The van der Waals surface area contributed by atoms with E-state index in [1.807, 2.05) is 11.4 Å².